The zero-order valence-electron chi connectivity index (χ0n) is 12.3. The van der Waals surface area contributed by atoms with Crippen molar-refractivity contribution in [3.63, 3.8) is 0 Å². The highest BCUT2D eigenvalue weighted by Crippen LogP contribution is 2.21. The first-order valence-electron chi connectivity index (χ1n) is 7.73. The molecule has 3 nitrogen and oxygen atoms in total. The van der Waals surface area contributed by atoms with Crippen molar-refractivity contribution in [1.29, 1.82) is 0 Å². The molecule has 0 aliphatic carbocycles. The van der Waals surface area contributed by atoms with Crippen LogP contribution in [0.3, 0.4) is 0 Å². The Bertz CT molecular complexity index is 197. The summed E-state index contributed by atoms with van der Waals surface area (Å²) in [5.41, 5.74) is 5.98. The fourth-order valence-electron chi connectivity index (χ4n) is 2.86. The van der Waals surface area contributed by atoms with Gasteiger partial charge in [0, 0.05) is 18.8 Å². The highest BCUT2D eigenvalue weighted by Gasteiger charge is 2.26. The standard InChI is InChI=1S/C15H32N2O/c1-3-5-14(7-10-16)6-4-11-17-15(2)8-12-18-13-9-15/h14,17H,3-13,16H2,1-2H3. The van der Waals surface area contributed by atoms with Crippen molar-refractivity contribution in [3.8, 4) is 0 Å². The van der Waals surface area contributed by atoms with Crippen LogP contribution in [0.4, 0.5) is 0 Å². The van der Waals surface area contributed by atoms with Crippen LogP contribution in [0.5, 0.6) is 0 Å². The van der Waals surface area contributed by atoms with Crippen molar-refractivity contribution in [2.75, 3.05) is 26.3 Å². The molecule has 0 aromatic rings. The summed E-state index contributed by atoms with van der Waals surface area (Å²) < 4.78 is 5.42. The van der Waals surface area contributed by atoms with Crippen molar-refractivity contribution >= 4 is 0 Å². The van der Waals surface area contributed by atoms with E-state index in [1.54, 1.807) is 0 Å². The van der Waals surface area contributed by atoms with Gasteiger partial charge < -0.3 is 15.8 Å². The Kier molecular flexibility index (Phi) is 7.87. The van der Waals surface area contributed by atoms with Gasteiger partial charge in [0.2, 0.25) is 0 Å². The lowest BCUT2D eigenvalue weighted by Gasteiger charge is -2.34. The van der Waals surface area contributed by atoms with Crippen LogP contribution < -0.4 is 11.1 Å². The van der Waals surface area contributed by atoms with E-state index in [2.05, 4.69) is 19.2 Å². The van der Waals surface area contributed by atoms with Crippen LogP contribution in [-0.4, -0.2) is 31.8 Å². The molecular weight excluding hydrogens is 224 g/mol. The van der Waals surface area contributed by atoms with Crippen molar-refractivity contribution < 1.29 is 4.74 Å². The molecule has 18 heavy (non-hydrogen) atoms. The molecule has 0 bridgehead atoms. The Balaban J connectivity index is 2.12. The van der Waals surface area contributed by atoms with Gasteiger partial charge in [-0.2, -0.15) is 0 Å². The van der Waals surface area contributed by atoms with Gasteiger partial charge in [-0.1, -0.05) is 19.8 Å². The zero-order chi connectivity index (χ0) is 13.3. The van der Waals surface area contributed by atoms with Gasteiger partial charge in [-0.15, -0.1) is 0 Å². The second-order valence-electron chi connectivity index (χ2n) is 5.97. The molecule has 1 fully saturated rings. The average molecular weight is 256 g/mol. The lowest BCUT2D eigenvalue weighted by molar-refractivity contribution is 0.0451. The monoisotopic (exact) mass is 256 g/mol. The molecule has 0 radical (unpaired) electrons. The second kappa shape index (κ2) is 8.89. The Hall–Kier alpha value is -0.120. The average Bonchev–Trinajstić information content (AvgIpc) is 2.36. The maximum absolute atomic E-state index is 5.67. The topological polar surface area (TPSA) is 47.3 Å². The summed E-state index contributed by atoms with van der Waals surface area (Å²) in [4.78, 5) is 0. The van der Waals surface area contributed by atoms with Gasteiger partial charge in [0.15, 0.2) is 0 Å². The summed E-state index contributed by atoms with van der Waals surface area (Å²) in [6.07, 6.45) is 8.71. The summed E-state index contributed by atoms with van der Waals surface area (Å²) in [5, 5.41) is 3.73. The van der Waals surface area contributed by atoms with Crippen molar-refractivity contribution in [2.45, 2.75) is 64.3 Å². The minimum absolute atomic E-state index is 0.312. The molecule has 3 heteroatoms. The van der Waals surface area contributed by atoms with E-state index in [0.29, 0.717) is 5.54 Å². The molecular formula is C15H32N2O. The molecule has 1 heterocycles. The summed E-state index contributed by atoms with van der Waals surface area (Å²) in [7, 11) is 0. The predicted octanol–water partition coefficient (Wildman–Crippen LogP) is 2.69. The molecule has 0 spiro atoms. The number of ether oxygens (including phenoxy) is 1. The quantitative estimate of drug-likeness (QED) is 0.624. The number of hydrogen-bond acceptors (Lipinski definition) is 3. The number of nitrogens with one attached hydrogen (secondary N) is 1. The van der Waals surface area contributed by atoms with Crippen LogP contribution in [0.1, 0.15) is 58.8 Å². The summed E-state index contributed by atoms with van der Waals surface area (Å²) in [6, 6.07) is 0. The number of nitrogens with two attached hydrogens (primary N) is 1. The first-order valence-corrected chi connectivity index (χ1v) is 7.73. The molecule has 1 aliphatic heterocycles. The minimum atomic E-state index is 0.312. The molecule has 1 unspecified atom stereocenters. The van der Waals surface area contributed by atoms with Crippen LogP contribution in [0.15, 0.2) is 0 Å². The lowest BCUT2D eigenvalue weighted by atomic mass is 9.91. The van der Waals surface area contributed by atoms with Gasteiger partial charge >= 0.3 is 0 Å². The zero-order valence-corrected chi connectivity index (χ0v) is 12.3. The van der Waals surface area contributed by atoms with Crippen molar-refractivity contribution in [2.24, 2.45) is 11.7 Å². The van der Waals surface area contributed by atoms with E-state index in [4.69, 9.17) is 10.5 Å². The predicted molar refractivity (Wildman–Crippen MR) is 77.8 cm³/mol. The maximum atomic E-state index is 5.67. The van der Waals surface area contributed by atoms with Gasteiger partial charge in [-0.3, -0.25) is 0 Å². The Morgan fingerprint density at radius 2 is 1.94 bits per heavy atom. The largest absolute Gasteiger partial charge is 0.381 e. The van der Waals surface area contributed by atoms with E-state index < -0.39 is 0 Å². The van der Waals surface area contributed by atoms with Crippen LogP contribution in [0.2, 0.25) is 0 Å². The first kappa shape index (κ1) is 15.9. The molecule has 1 rings (SSSR count). The third-order valence-electron chi connectivity index (χ3n) is 4.21. The molecule has 1 saturated heterocycles. The highest BCUT2D eigenvalue weighted by atomic mass is 16.5. The van der Waals surface area contributed by atoms with E-state index in [9.17, 15) is 0 Å². The maximum Gasteiger partial charge on any atom is 0.0483 e. The van der Waals surface area contributed by atoms with E-state index in [-0.39, 0.29) is 0 Å². The fraction of sp³-hybridized carbons (Fsp3) is 1.00. The summed E-state index contributed by atoms with van der Waals surface area (Å²) >= 11 is 0. The minimum Gasteiger partial charge on any atom is -0.381 e. The van der Waals surface area contributed by atoms with Gasteiger partial charge in [0.25, 0.3) is 0 Å². The Labute approximate surface area is 113 Å². The smallest absolute Gasteiger partial charge is 0.0483 e. The van der Waals surface area contributed by atoms with Gasteiger partial charge in [0.05, 0.1) is 0 Å². The van der Waals surface area contributed by atoms with Crippen LogP contribution in [-0.2, 0) is 4.74 Å². The van der Waals surface area contributed by atoms with Crippen molar-refractivity contribution in [1.82, 2.24) is 5.32 Å². The van der Waals surface area contributed by atoms with E-state index >= 15 is 0 Å². The molecule has 0 amide bonds. The van der Waals surface area contributed by atoms with Gasteiger partial charge in [0.1, 0.15) is 0 Å². The van der Waals surface area contributed by atoms with Gasteiger partial charge in [-0.05, 0) is 58.0 Å². The third kappa shape index (κ3) is 6.17. The Morgan fingerprint density at radius 3 is 2.56 bits per heavy atom. The number of hydrogen-bond donors (Lipinski definition) is 2. The second-order valence-corrected chi connectivity index (χ2v) is 5.97. The highest BCUT2D eigenvalue weighted by molar-refractivity contribution is 4.85. The summed E-state index contributed by atoms with van der Waals surface area (Å²) in [6.45, 7) is 8.41. The molecule has 0 aromatic heterocycles. The van der Waals surface area contributed by atoms with Crippen LogP contribution >= 0.6 is 0 Å². The molecule has 3 N–H and O–H groups in total. The Morgan fingerprint density at radius 1 is 1.22 bits per heavy atom. The van der Waals surface area contributed by atoms with Crippen LogP contribution in [0, 0.1) is 5.92 Å². The van der Waals surface area contributed by atoms with Crippen molar-refractivity contribution in [3.05, 3.63) is 0 Å². The van der Waals surface area contributed by atoms with Crippen LogP contribution in [0.25, 0.3) is 0 Å². The molecule has 1 aliphatic rings. The molecule has 108 valence electrons. The van der Waals surface area contributed by atoms with E-state index in [1.807, 2.05) is 0 Å². The third-order valence-corrected chi connectivity index (χ3v) is 4.21. The van der Waals surface area contributed by atoms with Gasteiger partial charge in [-0.25, -0.2) is 0 Å². The molecule has 1 atom stereocenters. The van der Waals surface area contributed by atoms with E-state index in [0.717, 1.165) is 45.1 Å². The molecule has 0 saturated carbocycles. The normalized spacial score (nSPS) is 20.8. The number of rotatable bonds is 9. The molecule has 0 aromatic carbocycles. The summed E-state index contributed by atoms with van der Waals surface area (Å²) in [5.74, 6) is 0.837. The lowest BCUT2D eigenvalue weighted by Crippen LogP contribution is -2.47. The fourth-order valence-corrected chi connectivity index (χ4v) is 2.86. The SMILES string of the molecule is CCCC(CCN)CCCNC1(C)CCOCC1. The first-order chi connectivity index (χ1) is 8.70. The van der Waals surface area contributed by atoms with E-state index in [1.165, 1.54) is 32.1 Å².